The van der Waals surface area contributed by atoms with Crippen molar-refractivity contribution < 1.29 is 9.53 Å². The highest BCUT2D eigenvalue weighted by molar-refractivity contribution is 5.94. The van der Waals surface area contributed by atoms with E-state index in [1.165, 1.54) is 0 Å². The second-order valence-corrected chi connectivity index (χ2v) is 5.03. The van der Waals surface area contributed by atoms with Gasteiger partial charge in [0.1, 0.15) is 5.75 Å². The van der Waals surface area contributed by atoms with Gasteiger partial charge in [0.25, 0.3) is 5.91 Å². The number of amides is 1. The van der Waals surface area contributed by atoms with Crippen molar-refractivity contribution in [3.63, 3.8) is 0 Å². The van der Waals surface area contributed by atoms with Crippen molar-refractivity contribution in [2.24, 2.45) is 5.92 Å². The van der Waals surface area contributed by atoms with Crippen molar-refractivity contribution in [2.75, 3.05) is 33.8 Å². The minimum absolute atomic E-state index is 0. The number of rotatable bonds is 4. The molecule has 112 valence electrons. The van der Waals surface area contributed by atoms with E-state index >= 15 is 0 Å². The Kier molecular flexibility index (Phi) is 6.82. The number of methoxy groups -OCH3 is 1. The molecule has 2 rings (SSSR count). The highest BCUT2D eigenvalue weighted by Crippen LogP contribution is 2.20. The summed E-state index contributed by atoms with van der Waals surface area (Å²) in [4.78, 5) is 14.3. The van der Waals surface area contributed by atoms with E-state index in [4.69, 9.17) is 4.74 Å². The Hall–Kier alpha value is -1.26. The van der Waals surface area contributed by atoms with Crippen molar-refractivity contribution in [1.82, 2.24) is 10.2 Å². The van der Waals surface area contributed by atoms with Gasteiger partial charge in [-0.15, -0.1) is 12.4 Å². The van der Waals surface area contributed by atoms with Crippen molar-refractivity contribution in [3.05, 3.63) is 29.8 Å². The first-order valence-corrected chi connectivity index (χ1v) is 6.82. The topological polar surface area (TPSA) is 41.6 Å². The Labute approximate surface area is 126 Å². The summed E-state index contributed by atoms with van der Waals surface area (Å²) in [5, 5.41) is 3.21. The third-order valence-electron chi connectivity index (χ3n) is 3.71. The summed E-state index contributed by atoms with van der Waals surface area (Å²) < 4.78 is 5.16. The molecule has 0 atom stereocenters. The summed E-state index contributed by atoms with van der Waals surface area (Å²) in [6.07, 6.45) is 2.16. The van der Waals surface area contributed by atoms with E-state index in [1.54, 1.807) is 7.11 Å². The third-order valence-corrected chi connectivity index (χ3v) is 3.71. The van der Waals surface area contributed by atoms with Crippen LogP contribution in [-0.4, -0.2) is 44.6 Å². The number of ether oxygens (including phenoxy) is 1. The van der Waals surface area contributed by atoms with Gasteiger partial charge >= 0.3 is 0 Å². The van der Waals surface area contributed by atoms with Crippen LogP contribution in [0.25, 0.3) is 0 Å². The highest BCUT2D eigenvalue weighted by atomic mass is 35.5. The minimum Gasteiger partial charge on any atom is -0.497 e. The molecule has 1 aromatic rings. The van der Waals surface area contributed by atoms with Crippen LogP contribution in [0.5, 0.6) is 5.75 Å². The first-order chi connectivity index (χ1) is 9.24. The van der Waals surface area contributed by atoms with Crippen LogP contribution in [0.15, 0.2) is 24.3 Å². The molecular weight excluding hydrogens is 276 g/mol. The maximum Gasteiger partial charge on any atom is 0.253 e. The summed E-state index contributed by atoms with van der Waals surface area (Å²) >= 11 is 0. The van der Waals surface area contributed by atoms with Gasteiger partial charge in [-0.25, -0.2) is 0 Å². The van der Waals surface area contributed by atoms with E-state index in [9.17, 15) is 4.79 Å². The lowest BCUT2D eigenvalue weighted by Crippen LogP contribution is -2.40. The van der Waals surface area contributed by atoms with Crippen molar-refractivity contribution in [1.29, 1.82) is 0 Å². The smallest absolute Gasteiger partial charge is 0.253 e. The fourth-order valence-corrected chi connectivity index (χ4v) is 2.57. The quantitative estimate of drug-likeness (QED) is 0.926. The predicted molar refractivity (Wildman–Crippen MR) is 82.8 cm³/mol. The van der Waals surface area contributed by atoms with Gasteiger partial charge in [0.15, 0.2) is 0 Å². The average Bonchev–Trinajstić information content (AvgIpc) is 2.48. The fraction of sp³-hybridized carbons (Fsp3) is 0.533. The second-order valence-electron chi connectivity index (χ2n) is 5.03. The Balaban J connectivity index is 0.00000200. The lowest BCUT2D eigenvalue weighted by molar-refractivity contribution is 0.0690. The van der Waals surface area contributed by atoms with Crippen LogP contribution < -0.4 is 10.1 Å². The first kappa shape index (κ1) is 16.8. The second kappa shape index (κ2) is 8.12. The Morgan fingerprint density at radius 2 is 2.10 bits per heavy atom. The summed E-state index contributed by atoms with van der Waals surface area (Å²) in [7, 11) is 3.60. The Morgan fingerprint density at radius 1 is 1.40 bits per heavy atom. The normalized spacial score (nSPS) is 15.6. The van der Waals surface area contributed by atoms with E-state index in [1.807, 2.05) is 36.2 Å². The lowest BCUT2D eigenvalue weighted by atomic mass is 9.96. The van der Waals surface area contributed by atoms with Crippen LogP contribution in [0.2, 0.25) is 0 Å². The molecule has 1 amide bonds. The number of hydrogen-bond acceptors (Lipinski definition) is 3. The first-order valence-electron chi connectivity index (χ1n) is 6.82. The molecule has 20 heavy (non-hydrogen) atoms. The number of benzene rings is 1. The van der Waals surface area contributed by atoms with Gasteiger partial charge in [0.05, 0.1) is 7.11 Å². The molecule has 1 aliphatic rings. The molecule has 0 radical (unpaired) electrons. The zero-order chi connectivity index (χ0) is 13.7. The van der Waals surface area contributed by atoms with E-state index in [-0.39, 0.29) is 18.3 Å². The van der Waals surface area contributed by atoms with Crippen LogP contribution in [0.3, 0.4) is 0 Å². The standard InChI is InChI=1S/C15H22N2O2.ClH/c1-16-11-12-6-8-17(9-7-12)15(18)13-4-3-5-14(10-13)19-2;/h3-5,10,12,16H,6-9,11H2,1-2H3;1H. The molecule has 0 unspecified atom stereocenters. The number of nitrogens with zero attached hydrogens (tertiary/aromatic N) is 1. The van der Waals surface area contributed by atoms with Crippen LogP contribution in [0.4, 0.5) is 0 Å². The number of carbonyl (C=O) groups is 1. The Bertz CT molecular complexity index is 432. The van der Waals surface area contributed by atoms with Gasteiger partial charge in [-0.3, -0.25) is 4.79 Å². The van der Waals surface area contributed by atoms with Crippen molar-refractivity contribution in [2.45, 2.75) is 12.8 Å². The van der Waals surface area contributed by atoms with Gasteiger partial charge in [-0.05, 0) is 50.6 Å². The summed E-state index contributed by atoms with van der Waals surface area (Å²) in [5.41, 5.74) is 0.714. The van der Waals surface area contributed by atoms with Gasteiger partial charge in [0, 0.05) is 18.7 Å². The predicted octanol–water partition coefficient (Wildman–Crippen LogP) is 2.19. The number of piperidine rings is 1. The molecule has 1 aliphatic heterocycles. The van der Waals surface area contributed by atoms with Crippen molar-refractivity contribution >= 4 is 18.3 Å². The molecule has 4 nitrogen and oxygen atoms in total. The molecular formula is C15H23ClN2O2. The number of carbonyl (C=O) groups excluding carboxylic acids is 1. The number of nitrogens with one attached hydrogen (secondary N) is 1. The zero-order valence-corrected chi connectivity index (χ0v) is 12.9. The average molecular weight is 299 g/mol. The summed E-state index contributed by atoms with van der Waals surface area (Å²) in [6, 6.07) is 7.38. The van der Waals surface area contributed by atoms with Crippen LogP contribution in [0.1, 0.15) is 23.2 Å². The zero-order valence-electron chi connectivity index (χ0n) is 12.1. The van der Waals surface area contributed by atoms with Crippen LogP contribution in [-0.2, 0) is 0 Å². The Morgan fingerprint density at radius 3 is 2.70 bits per heavy atom. The third kappa shape index (κ3) is 4.12. The van der Waals surface area contributed by atoms with Gasteiger partial charge in [0.2, 0.25) is 0 Å². The largest absolute Gasteiger partial charge is 0.497 e. The minimum atomic E-state index is 0. The number of likely N-dealkylation sites (tertiary alicyclic amines) is 1. The van der Waals surface area contributed by atoms with Gasteiger partial charge < -0.3 is 15.0 Å². The molecule has 5 heteroatoms. The molecule has 0 bridgehead atoms. The number of halogens is 1. The molecule has 1 saturated heterocycles. The molecule has 1 fully saturated rings. The molecule has 0 saturated carbocycles. The SMILES string of the molecule is CNCC1CCN(C(=O)c2cccc(OC)c2)CC1.Cl. The maximum absolute atomic E-state index is 12.4. The molecule has 0 aromatic heterocycles. The van der Waals surface area contributed by atoms with E-state index < -0.39 is 0 Å². The van der Waals surface area contributed by atoms with Crippen molar-refractivity contribution in [3.8, 4) is 5.75 Å². The number of hydrogen-bond donors (Lipinski definition) is 1. The van der Waals surface area contributed by atoms with E-state index in [0.29, 0.717) is 11.5 Å². The molecule has 1 aromatic carbocycles. The van der Waals surface area contributed by atoms with E-state index in [2.05, 4.69) is 5.32 Å². The van der Waals surface area contributed by atoms with Crippen LogP contribution >= 0.6 is 12.4 Å². The summed E-state index contributed by atoms with van der Waals surface area (Å²) in [6.45, 7) is 2.74. The fourth-order valence-electron chi connectivity index (χ4n) is 2.57. The molecule has 0 aliphatic carbocycles. The molecule has 0 spiro atoms. The summed E-state index contributed by atoms with van der Waals surface area (Å²) in [5.74, 6) is 1.54. The van der Waals surface area contributed by atoms with Gasteiger partial charge in [-0.2, -0.15) is 0 Å². The molecule has 1 N–H and O–H groups in total. The molecule has 1 heterocycles. The monoisotopic (exact) mass is 298 g/mol. The van der Waals surface area contributed by atoms with Gasteiger partial charge in [-0.1, -0.05) is 6.07 Å². The maximum atomic E-state index is 12.4. The van der Waals surface area contributed by atoms with E-state index in [0.717, 1.165) is 38.2 Å². The van der Waals surface area contributed by atoms with Crippen LogP contribution in [0, 0.1) is 5.92 Å². The highest BCUT2D eigenvalue weighted by Gasteiger charge is 2.23. The lowest BCUT2D eigenvalue weighted by Gasteiger charge is -2.32.